The number of amides is 1. The van der Waals surface area contributed by atoms with Crippen molar-refractivity contribution in [3.63, 3.8) is 0 Å². The number of rotatable bonds is 7. The highest BCUT2D eigenvalue weighted by Gasteiger charge is 2.16. The van der Waals surface area contributed by atoms with Crippen LogP contribution in [0.3, 0.4) is 0 Å². The molecule has 2 aromatic rings. The first-order chi connectivity index (χ1) is 14.0. The number of anilines is 1. The normalized spacial score (nSPS) is 15.2. The fourth-order valence-electron chi connectivity index (χ4n) is 3.34. The Morgan fingerprint density at radius 1 is 1.27 bits per heavy atom. The van der Waals surface area contributed by atoms with Gasteiger partial charge in [-0.05, 0) is 50.6 Å². The van der Waals surface area contributed by atoms with Gasteiger partial charge in [-0.1, -0.05) is 12.1 Å². The monoisotopic (exact) mass is 541 g/mol. The van der Waals surface area contributed by atoms with Gasteiger partial charge in [0.2, 0.25) is 5.91 Å². The molecule has 0 saturated carbocycles. The summed E-state index contributed by atoms with van der Waals surface area (Å²) in [4.78, 5) is 21.2. The molecule has 6 nitrogen and oxygen atoms in total. The molecule has 1 aromatic heterocycles. The summed E-state index contributed by atoms with van der Waals surface area (Å²) in [6.07, 6.45) is 0.987. The highest BCUT2D eigenvalue weighted by atomic mass is 127. The number of nitrogens with zero attached hydrogens (tertiary/aromatic N) is 2. The number of aryl methyl sites for hydroxylation is 1. The van der Waals surface area contributed by atoms with Gasteiger partial charge in [0.05, 0.1) is 13.1 Å². The van der Waals surface area contributed by atoms with Crippen molar-refractivity contribution in [3.8, 4) is 0 Å². The molecule has 0 bridgehead atoms. The first-order valence-electron chi connectivity index (χ1n) is 10.2. The number of carbonyl (C=O) groups excluding carboxylic acids is 1. The van der Waals surface area contributed by atoms with Crippen LogP contribution in [0.4, 0.5) is 5.69 Å². The lowest BCUT2D eigenvalue weighted by molar-refractivity contribution is -0.120. The number of hydrogen-bond donors (Lipinski definition) is 3. The average Bonchev–Trinajstić information content (AvgIpc) is 3.11. The minimum Gasteiger partial charge on any atom is -0.360 e. The topological polar surface area (TPSA) is 68.8 Å². The number of aliphatic imine (C=N–C) groups is 1. The van der Waals surface area contributed by atoms with Crippen molar-refractivity contribution in [2.45, 2.75) is 39.8 Å². The number of thiophene rings is 1. The molecule has 1 aliphatic heterocycles. The van der Waals surface area contributed by atoms with Crippen LogP contribution in [0.5, 0.6) is 0 Å². The molecular weight excluding hydrogens is 509 g/mol. The van der Waals surface area contributed by atoms with Gasteiger partial charge in [-0.15, -0.1) is 35.3 Å². The Bertz CT molecular complexity index is 836. The Hall–Kier alpha value is -1.81. The van der Waals surface area contributed by atoms with Gasteiger partial charge in [-0.25, -0.2) is 4.99 Å². The van der Waals surface area contributed by atoms with E-state index < -0.39 is 0 Å². The first kappa shape index (κ1) is 24.5. The zero-order valence-corrected chi connectivity index (χ0v) is 21.1. The molecule has 30 heavy (non-hydrogen) atoms. The van der Waals surface area contributed by atoms with E-state index in [-0.39, 0.29) is 29.9 Å². The number of guanidine groups is 1. The Morgan fingerprint density at radius 3 is 2.67 bits per heavy atom. The molecule has 0 spiro atoms. The number of hydrogen-bond acceptors (Lipinski definition) is 4. The minimum atomic E-state index is 0. The fraction of sp³-hybridized carbons (Fsp3) is 0.455. The third-order valence-electron chi connectivity index (χ3n) is 4.79. The summed E-state index contributed by atoms with van der Waals surface area (Å²) in [7, 11) is 0. The maximum atomic E-state index is 11.6. The zero-order chi connectivity index (χ0) is 20.6. The number of halogens is 1. The summed E-state index contributed by atoms with van der Waals surface area (Å²) in [5, 5.41) is 9.70. The van der Waals surface area contributed by atoms with Crippen molar-refractivity contribution in [2.75, 3.05) is 31.1 Å². The van der Waals surface area contributed by atoms with Gasteiger partial charge in [0.1, 0.15) is 0 Å². The van der Waals surface area contributed by atoms with E-state index in [1.54, 1.807) is 0 Å². The molecule has 1 atom stereocenters. The van der Waals surface area contributed by atoms with Crippen LogP contribution in [0.15, 0.2) is 41.4 Å². The largest absolute Gasteiger partial charge is 0.360 e. The van der Waals surface area contributed by atoms with Crippen molar-refractivity contribution in [1.82, 2.24) is 16.0 Å². The van der Waals surface area contributed by atoms with E-state index in [2.05, 4.69) is 78.0 Å². The number of benzene rings is 1. The molecule has 164 valence electrons. The van der Waals surface area contributed by atoms with Gasteiger partial charge >= 0.3 is 0 Å². The zero-order valence-electron chi connectivity index (χ0n) is 17.9. The summed E-state index contributed by atoms with van der Waals surface area (Å²) in [5.74, 6) is 0.920. The van der Waals surface area contributed by atoms with Crippen LogP contribution in [0, 0.1) is 6.92 Å². The van der Waals surface area contributed by atoms with Crippen molar-refractivity contribution in [3.05, 3.63) is 51.7 Å². The van der Waals surface area contributed by atoms with Gasteiger partial charge in [-0.3, -0.25) is 4.79 Å². The van der Waals surface area contributed by atoms with Gasteiger partial charge in [0, 0.05) is 47.5 Å². The van der Waals surface area contributed by atoms with Crippen LogP contribution >= 0.6 is 35.3 Å². The van der Waals surface area contributed by atoms with E-state index in [1.807, 2.05) is 11.3 Å². The number of carbonyl (C=O) groups is 1. The van der Waals surface area contributed by atoms with Crippen LogP contribution < -0.4 is 20.9 Å². The molecule has 1 saturated heterocycles. The quantitative estimate of drug-likeness (QED) is 0.286. The maximum Gasteiger partial charge on any atom is 0.239 e. The Balaban J connectivity index is 0.00000320. The summed E-state index contributed by atoms with van der Waals surface area (Å²) >= 11 is 1.85. The van der Waals surface area contributed by atoms with E-state index in [9.17, 15) is 4.79 Å². The first-order valence-corrected chi connectivity index (χ1v) is 11.1. The minimum absolute atomic E-state index is 0. The van der Waals surface area contributed by atoms with E-state index in [0.29, 0.717) is 25.7 Å². The molecule has 1 aliphatic rings. The van der Waals surface area contributed by atoms with Gasteiger partial charge in [0.25, 0.3) is 0 Å². The van der Waals surface area contributed by atoms with Crippen LogP contribution in [-0.4, -0.2) is 44.1 Å². The maximum absolute atomic E-state index is 11.6. The lowest BCUT2D eigenvalue weighted by Crippen LogP contribution is -2.47. The van der Waals surface area contributed by atoms with Crippen LogP contribution in [0.1, 0.15) is 29.2 Å². The van der Waals surface area contributed by atoms with Crippen molar-refractivity contribution in [2.24, 2.45) is 4.99 Å². The van der Waals surface area contributed by atoms with E-state index >= 15 is 0 Å². The van der Waals surface area contributed by atoms with Crippen LogP contribution in [0.25, 0.3) is 0 Å². The highest BCUT2D eigenvalue weighted by molar-refractivity contribution is 14.0. The molecule has 8 heteroatoms. The highest BCUT2D eigenvalue weighted by Crippen LogP contribution is 2.17. The predicted octanol–water partition coefficient (Wildman–Crippen LogP) is 3.30. The molecular formula is C22H32IN5OS. The molecule has 3 N–H and O–H groups in total. The summed E-state index contributed by atoms with van der Waals surface area (Å²) in [5.41, 5.74) is 2.23. The number of nitrogens with one attached hydrogen (secondary N) is 3. The van der Waals surface area contributed by atoms with E-state index in [1.165, 1.54) is 9.75 Å². The average molecular weight is 542 g/mol. The van der Waals surface area contributed by atoms with Crippen LogP contribution in [-0.2, 0) is 17.8 Å². The Labute approximate surface area is 200 Å². The second-order valence-corrected chi connectivity index (χ2v) is 8.77. The molecule has 1 fully saturated rings. The molecule has 0 radical (unpaired) electrons. The molecule has 1 aromatic carbocycles. The third-order valence-corrected chi connectivity index (χ3v) is 5.81. The van der Waals surface area contributed by atoms with Crippen LogP contribution in [0.2, 0.25) is 0 Å². The predicted molar refractivity (Wildman–Crippen MR) is 137 cm³/mol. The van der Waals surface area contributed by atoms with Crippen molar-refractivity contribution < 1.29 is 4.79 Å². The van der Waals surface area contributed by atoms with E-state index in [4.69, 9.17) is 4.99 Å². The molecule has 1 unspecified atom stereocenters. The smallest absolute Gasteiger partial charge is 0.239 e. The Kier molecular flexibility index (Phi) is 9.90. The molecule has 1 amide bonds. The number of piperazine rings is 1. The lowest BCUT2D eigenvalue weighted by Gasteiger charge is -2.28. The van der Waals surface area contributed by atoms with Gasteiger partial charge < -0.3 is 20.9 Å². The molecule has 3 rings (SSSR count). The van der Waals surface area contributed by atoms with Crippen molar-refractivity contribution in [1.29, 1.82) is 0 Å². The summed E-state index contributed by atoms with van der Waals surface area (Å²) < 4.78 is 0. The molecule has 2 heterocycles. The summed E-state index contributed by atoms with van der Waals surface area (Å²) in [6, 6.07) is 13.0. The fourth-order valence-corrected chi connectivity index (χ4v) is 4.36. The summed E-state index contributed by atoms with van der Waals surface area (Å²) in [6.45, 7) is 9.81. The Morgan fingerprint density at radius 2 is 2.03 bits per heavy atom. The SMILES string of the molecule is CCNC(=NCc1ccc(N2CCNC(=O)C2)cc1)NC(C)Cc1ccc(C)s1.I. The van der Waals surface area contributed by atoms with E-state index in [0.717, 1.165) is 36.7 Å². The second kappa shape index (κ2) is 12.1. The lowest BCUT2D eigenvalue weighted by atomic mass is 10.2. The molecule has 0 aliphatic carbocycles. The third kappa shape index (κ3) is 7.46. The second-order valence-electron chi connectivity index (χ2n) is 7.39. The van der Waals surface area contributed by atoms with Gasteiger partial charge in [-0.2, -0.15) is 0 Å². The van der Waals surface area contributed by atoms with Crippen molar-refractivity contribution >= 4 is 52.9 Å². The van der Waals surface area contributed by atoms with Gasteiger partial charge in [0.15, 0.2) is 5.96 Å². The standard InChI is InChI=1S/C22H31N5OS.HI/c1-4-23-22(26-16(2)13-20-10-5-17(3)29-20)25-14-18-6-8-19(9-7-18)27-12-11-24-21(28)15-27;/h5-10,16H,4,11-15H2,1-3H3,(H,24,28)(H2,23,25,26);1H.